The van der Waals surface area contributed by atoms with E-state index in [2.05, 4.69) is 5.32 Å². The SMILES string of the molecule is O=C(OCCNC(=O)c1ccc([N+](=O)[O-])cc1Cl)c1ccc(-c2ccccc2)cc1. The first-order chi connectivity index (χ1) is 14.5. The molecule has 0 radical (unpaired) electrons. The van der Waals surface area contributed by atoms with Crippen molar-refractivity contribution in [2.45, 2.75) is 0 Å². The number of hydrogen-bond acceptors (Lipinski definition) is 5. The van der Waals surface area contributed by atoms with Crippen molar-refractivity contribution in [3.8, 4) is 11.1 Å². The average molecular weight is 425 g/mol. The smallest absolute Gasteiger partial charge is 0.338 e. The van der Waals surface area contributed by atoms with Gasteiger partial charge in [0.25, 0.3) is 11.6 Å². The van der Waals surface area contributed by atoms with Gasteiger partial charge in [0.05, 0.1) is 27.6 Å². The van der Waals surface area contributed by atoms with Crippen LogP contribution in [0.4, 0.5) is 5.69 Å². The van der Waals surface area contributed by atoms with Crippen molar-refractivity contribution >= 4 is 29.2 Å². The fourth-order valence-corrected chi connectivity index (χ4v) is 2.98. The number of non-ortho nitro benzene ring substituents is 1. The van der Waals surface area contributed by atoms with Crippen LogP contribution in [0, 0.1) is 10.1 Å². The number of carbonyl (C=O) groups is 2. The minimum Gasteiger partial charge on any atom is -0.460 e. The lowest BCUT2D eigenvalue weighted by Gasteiger charge is -2.08. The molecule has 0 unspecified atom stereocenters. The van der Waals surface area contributed by atoms with E-state index in [-0.39, 0.29) is 29.4 Å². The van der Waals surface area contributed by atoms with Gasteiger partial charge in [0, 0.05) is 12.1 Å². The van der Waals surface area contributed by atoms with Crippen molar-refractivity contribution < 1.29 is 19.2 Å². The van der Waals surface area contributed by atoms with E-state index in [0.717, 1.165) is 17.2 Å². The van der Waals surface area contributed by atoms with Crippen molar-refractivity contribution in [2.75, 3.05) is 13.2 Å². The molecule has 0 saturated heterocycles. The van der Waals surface area contributed by atoms with Gasteiger partial charge in [-0.05, 0) is 29.3 Å². The Labute approximate surface area is 177 Å². The number of esters is 1. The molecule has 0 atom stereocenters. The molecule has 152 valence electrons. The third-order valence-electron chi connectivity index (χ3n) is 4.26. The van der Waals surface area contributed by atoms with E-state index in [9.17, 15) is 19.7 Å². The monoisotopic (exact) mass is 424 g/mol. The van der Waals surface area contributed by atoms with Crippen LogP contribution < -0.4 is 5.32 Å². The Morgan fingerprint density at radius 1 is 0.967 bits per heavy atom. The van der Waals surface area contributed by atoms with Gasteiger partial charge in [0.2, 0.25) is 0 Å². The summed E-state index contributed by atoms with van der Waals surface area (Å²) in [5.41, 5.74) is 2.33. The average Bonchev–Trinajstić information content (AvgIpc) is 2.77. The summed E-state index contributed by atoms with van der Waals surface area (Å²) in [6, 6.07) is 20.4. The van der Waals surface area contributed by atoms with Gasteiger partial charge in [-0.2, -0.15) is 0 Å². The van der Waals surface area contributed by atoms with Crippen molar-refractivity contribution in [2.24, 2.45) is 0 Å². The maximum absolute atomic E-state index is 12.1. The summed E-state index contributed by atoms with van der Waals surface area (Å²) in [5.74, 6) is -1.02. The number of amides is 1. The van der Waals surface area contributed by atoms with Gasteiger partial charge >= 0.3 is 5.97 Å². The molecule has 0 spiro atoms. The molecule has 0 bridgehead atoms. The highest BCUT2D eigenvalue weighted by atomic mass is 35.5. The van der Waals surface area contributed by atoms with Crippen LogP contribution in [-0.4, -0.2) is 30.0 Å². The third-order valence-corrected chi connectivity index (χ3v) is 4.57. The van der Waals surface area contributed by atoms with Gasteiger partial charge in [-0.3, -0.25) is 14.9 Å². The molecule has 0 aliphatic rings. The van der Waals surface area contributed by atoms with Crippen LogP contribution in [0.15, 0.2) is 72.8 Å². The van der Waals surface area contributed by atoms with Crippen LogP contribution in [0.1, 0.15) is 20.7 Å². The second kappa shape index (κ2) is 9.67. The van der Waals surface area contributed by atoms with Gasteiger partial charge in [-0.1, -0.05) is 54.1 Å². The summed E-state index contributed by atoms with van der Waals surface area (Å²) in [5, 5.41) is 13.2. The Hall–Kier alpha value is -3.71. The fourth-order valence-electron chi connectivity index (χ4n) is 2.72. The second-order valence-corrected chi connectivity index (χ2v) is 6.66. The second-order valence-electron chi connectivity index (χ2n) is 6.26. The zero-order valence-corrected chi connectivity index (χ0v) is 16.5. The molecule has 30 heavy (non-hydrogen) atoms. The van der Waals surface area contributed by atoms with Gasteiger partial charge in [0.15, 0.2) is 0 Å². The van der Waals surface area contributed by atoms with E-state index in [1.165, 1.54) is 12.1 Å². The molecule has 3 aromatic carbocycles. The fraction of sp³-hybridized carbons (Fsp3) is 0.0909. The number of nitro groups is 1. The molecule has 1 N–H and O–H groups in total. The lowest BCUT2D eigenvalue weighted by atomic mass is 10.0. The van der Waals surface area contributed by atoms with Crippen molar-refractivity contribution in [3.63, 3.8) is 0 Å². The normalized spacial score (nSPS) is 10.3. The predicted molar refractivity (Wildman–Crippen MR) is 113 cm³/mol. The highest BCUT2D eigenvalue weighted by Gasteiger charge is 2.15. The van der Waals surface area contributed by atoms with Gasteiger partial charge in [0.1, 0.15) is 6.61 Å². The van der Waals surface area contributed by atoms with Crippen molar-refractivity contribution in [1.82, 2.24) is 5.32 Å². The quantitative estimate of drug-likeness (QED) is 0.260. The molecule has 0 saturated carbocycles. The molecule has 7 nitrogen and oxygen atoms in total. The molecule has 0 aliphatic heterocycles. The number of nitrogens with zero attached hydrogens (tertiary/aromatic N) is 1. The Kier molecular flexibility index (Phi) is 6.77. The zero-order valence-electron chi connectivity index (χ0n) is 15.7. The minimum absolute atomic E-state index is 0.0304. The number of carbonyl (C=O) groups excluding carboxylic acids is 2. The van der Waals surface area contributed by atoms with E-state index in [1.807, 2.05) is 42.5 Å². The number of nitrogens with one attached hydrogen (secondary N) is 1. The molecule has 3 aromatic rings. The van der Waals surface area contributed by atoms with Crippen molar-refractivity contribution in [3.05, 3.63) is 99.1 Å². The van der Waals surface area contributed by atoms with Crippen LogP contribution in [0.3, 0.4) is 0 Å². The Balaban J connectivity index is 1.49. The van der Waals surface area contributed by atoms with Crippen molar-refractivity contribution in [1.29, 1.82) is 0 Å². The summed E-state index contributed by atoms with van der Waals surface area (Å²) in [6.45, 7) is 0.0373. The number of rotatable bonds is 7. The standard InChI is InChI=1S/C22H17ClN2O5/c23-20-14-18(25(28)29)10-11-19(20)21(26)24-12-13-30-22(27)17-8-6-16(7-9-17)15-4-2-1-3-5-15/h1-11,14H,12-13H2,(H,24,26). The summed E-state index contributed by atoms with van der Waals surface area (Å²) in [6.07, 6.45) is 0. The maximum Gasteiger partial charge on any atom is 0.338 e. The number of hydrogen-bond donors (Lipinski definition) is 1. The van der Waals surface area contributed by atoms with Gasteiger partial charge in [-0.15, -0.1) is 0 Å². The Bertz CT molecular complexity index is 1070. The van der Waals surface area contributed by atoms with Crippen LogP contribution in [0.2, 0.25) is 5.02 Å². The third kappa shape index (κ3) is 5.21. The first-order valence-electron chi connectivity index (χ1n) is 9.00. The molecule has 1 amide bonds. The Morgan fingerprint density at radius 3 is 2.27 bits per heavy atom. The zero-order chi connectivity index (χ0) is 21.5. The first kappa shape index (κ1) is 21.0. The molecular formula is C22H17ClN2O5. The molecule has 3 rings (SSSR count). The molecule has 0 fully saturated rings. The minimum atomic E-state index is -0.598. The lowest BCUT2D eigenvalue weighted by Crippen LogP contribution is -2.28. The number of ether oxygens (including phenoxy) is 1. The van der Waals surface area contributed by atoms with Crippen LogP contribution in [-0.2, 0) is 4.74 Å². The summed E-state index contributed by atoms with van der Waals surface area (Å²) < 4.78 is 5.16. The maximum atomic E-state index is 12.1. The summed E-state index contributed by atoms with van der Waals surface area (Å²) >= 11 is 5.92. The Morgan fingerprint density at radius 2 is 1.63 bits per heavy atom. The predicted octanol–water partition coefficient (Wildman–Crippen LogP) is 4.50. The summed E-state index contributed by atoms with van der Waals surface area (Å²) in [4.78, 5) is 34.4. The number of benzene rings is 3. The van der Waals surface area contributed by atoms with Crippen LogP contribution >= 0.6 is 11.6 Å². The molecule has 8 heteroatoms. The molecular weight excluding hydrogens is 408 g/mol. The van der Waals surface area contributed by atoms with E-state index in [1.54, 1.807) is 12.1 Å². The van der Waals surface area contributed by atoms with Crippen LogP contribution in [0.25, 0.3) is 11.1 Å². The number of nitro benzene ring substituents is 1. The largest absolute Gasteiger partial charge is 0.460 e. The summed E-state index contributed by atoms with van der Waals surface area (Å²) in [7, 11) is 0. The lowest BCUT2D eigenvalue weighted by molar-refractivity contribution is -0.384. The molecule has 0 aliphatic carbocycles. The topological polar surface area (TPSA) is 98.5 Å². The first-order valence-corrected chi connectivity index (χ1v) is 9.38. The van der Waals surface area contributed by atoms with E-state index in [0.29, 0.717) is 5.56 Å². The van der Waals surface area contributed by atoms with Gasteiger partial charge in [-0.25, -0.2) is 4.79 Å². The van der Waals surface area contributed by atoms with E-state index < -0.39 is 16.8 Å². The number of halogens is 1. The van der Waals surface area contributed by atoms with Gasteiger partial charge < -0.3 is 10.1 Å². The van der Waals surface area contributed by atoms with E-state index >= 15 is 0 Å². The molecule has 0 aromatic heterocycles. The van der Waals surface area contributed by atoms with Crippen LogP contribution in [0.5, 0.6) is 0 Å². The molecule has 0 heterocycles. The highest BCUT2D eigenvalue weighted by Crippen LogP contribution is 2.22. The van der Waals surface area contributed by atoms with E-state index in [4.69, 9.17) is 16.3 Å². The highest BCUT2D eigenvalue weighted by molar-refractivity contribution is 6.34.